The van der Waals surface area contributed by atoms with Crippen molar-refractivity contribution in [1.29, 1.82) is 0 Å². The number of aliphatic hydroxyl groups is 1. The summed E-state index contributed by atoms with van der Waals surface area (Å²) in [5.41, 5.74) is 8.52. The molecule has 11 heteroatoms. The molecule has 0 spiro atoms. The number of esters is 1. The number of hydrogen-bond acceptors (Lipinski definition) is 8. The van der Waals surface area contributed by atoms with Gasteiger partial charge >= 0.3 is 5.97 Å². The van der Waals surface area contributed by atoms with Gasteiger partial charge in [0.2, 0.25) is 5.90 Å². The van der Waals surface area contributed by atoms with Gasteiger partial charge in [-0.05, 0) is 69.8 Å². The first-order chi connectivity index (χ1) is 19.7. The number of hydrogen-bond donors (Lipinski definition) is 1. The van der Waals surface area contributed by atoms with Gasteiger partial charge in [-0.3, -0.25) is 9.59 Å². The summed E-state index contributed by atoms with van der Waals surface area (Å²) >= 11 is 0. The Labute approximate surface area is 239 Å². The first-order valence-corrected chi connectivity index (χ1v) is 13.9. The third-order valence-electron chi connectivity index (χ3n) is 6.90. The van der Waals surface area contributed by atoms with Gasteiger partial charge < -0.3 is 24.2 Å². The van der Waals surface area contributed by atoms with E-state index in [1.165, 1.54) is 0 Å². The van der Waals surface area contributed by atoms with E-state index in [9.17, 15) is 15.1 Å². The zero-order valence-corrected chi connectivity index (χ0v) is 23.8. The molecule has 0 unspecified atom stereocenters. The Hall–Kier alpha value is -4.08. The fourth-order valence-electron chi connectivity index (χ4n) is 5.06. The van der Waals surface area contributed by atoms with Crippen molar-refractivity contribution in [2.45, 2.75) is 70.1 Å². The lowest BCUT2D eigenvalue weighted by atomic mass is 9.82. The Balaban J connectivity index is 1.78. The fourth-order valence-corrected chi connectivity index (χ4v) is 5.06. The maximum absolute atomic E-state index is 14.3. The number of aliphatic imine (C=N–C) groups is 1. The monoisotopic (exact) mass is 563 g/mol. The highest BCUT2D eigenvalue weighted by Gasteiger charge is 2.55. The molecule has 2 aliphatic rings. The zero-order valence-electron chi connectivity index (χ0n) is 23.8. The largest absolute Gasteiger partial charge is 0.494 e. The van der Waals surface area contributed by atoms with Crippen molar-refractivity contribution in [2.75, 3.05) is 26.3 Å². The molecule has 0 saturated carbocycles. The topological polar surface area (TPSA) is 146 Å². The van der Waals surface area contributed by atoms with E-state index in [2.05, 4.69) is 10.0 Å². The minimum absolute atomic E-state index is 0.0395. The van der Waals surface area contributed by atoms with E-state index in [1.54, 1.807) is 74.2 Å². The highest BCUT2D eigenvalue weighted by Crippen LogP contribution is 2.47. The van der Waals surface area contributed by atoms with Gasteiger partial charge in [0, 0.05) is 54.3 Å². The number of nitrogens with zero attached hydrogens (tertiary/aromatic N) is 5. The van der Waals surface area contributed by atoms with Gasteiger partial charge in [-0.1, -0.05) is 29.4 Å². The minimum Gasteiger partial charge on any atom is -0.494 e. The van der Waals surface area contributed by atoms with Crippen molar-refractivity contribution in [2.24, 2.45) is 10.1 Å². The van der Waals surface area contributed by atoms with Gasteiger partial charge in [-0.15, -0.1) is 0 Å². The number of ether oxygens (including phenoxy) is 3. The molecule has 0 bridgehead atoms. The van der Waals surface area contributed by atoms with E-state index in [0.29, 0.717) is 48.7 Å². The van der Waals surface area contributed by atoms with Gasteiger partial charge in [-0.2, -0.15) is 0 Å². The van der Waals surface area contributed by atoms with Crippen LogP contribution in [0.4, 0.5) is 5.69 Å². The van der Waals surface area contributed by atoms with Crippen LogP contribution in [0.3, 0.4) is 0 Å². The molecule has 1 N–H and O–H groups in total. The molecule has 2 aromatic rings. The van der Waals surface area contributed by atoms with Gasteiger partial charge in [-0.25, -0.2) is 4.99 Å². The summed E-state index contributed by atoms with van der Waals surface area (Å²) in [6.07, 6.45) is 1.30. The Morgan fingerprint density at radius 2 is 1.88 bits per heavy atom. The van der Waals surface area contributed by atoms with Crippen LogP contribution in [0.5, 0.6) is 5.75 Å². The SMILES string of the molecule is CC(C)(C)OC(=O)CC[C@@]1(C(=O)N2CCCC2)N=C(c2ccc(OCCCO)cc2)O[C@@H]1c1ccccc1N=[N+]=[N-]. The summed E-state index contributed by atoms with van der Waals surface area (Å²) in [6.45, 7) is 6.97. The van der Waals surface area contributed by atoms with Gasteiger partial charge in [0.05, 0.1) is 6.61 Å². The second kappa shape index (κ2) is 13.1. The number of aliphatic hydroxyl groups excluding tert-OH is 1. The number of benzene rings is 2. The Morgan fingerprint density at radius 3 is 2.54 bits per heavy atom. The third-order valence-corrected chi connectivity index (χ3v) is 6.90. The van der Waals surface area contributed by atoms with Gasteiger partial charge in [0.15, 0.2) is 11.6 Å². The van der Waals surface area contributed by atoms with E-state index in [-0.39, 0.29) is 31.3 Å². The molecule has 1 fully saturated rings. The molecule has 1 saturated heterocycles. The maximum Gasteiger partial charge on any atom is 0.306 e. The van der Waals surface area contributed by atoms with E-state index < -0.39 is 23.2 Å². The standard InChI is InChI=1S/C30H37N5O6/c1-29(2,3)41-25(37)15-16-30(28(38)35-17-6-7-18-35)26(23-9-4-5-10-24(23)33-34-31)40-27(32-30)21-11-13-22(14-12-21)39-20-8-19-36/h4-5,9-14,26,36H,6-8,15-20H2,1-3H3/t26-,30-/m1/s1. The quantitative estimate of drug-likeness (QED) is 0.127. The van der Waals surface area contributed by atoms with E-state index in [1.807, 2.05) is 0 Å². The Bertz CT molecular complexity index is 1310. The molecule has 218 valence electrons. The van der Waals surface area contributed by atoms with Gasteiger partial charge in [0.1, 0.15) is 11.4 Å². The number of amides is 1. The molecule has 4 rings (SSSR count). The number of carbonyl (C=O) groups is 2. The highest BCUT2D eigenvalue weighted by molar-refractivity contribution is 6.01. The molecule has 2 atom stereocenters. The van der Waals surface area contributed by atoms with E-state index in [4.69, 9.17) is 24.3 Å². The molecule has 2 aromatic carbocycles. The molecule has 2 heterocycles. The van der Waals surface area contributed by atoms with Crippen LogP contribution in [0.25, 0.3) is 10.4 Å². The Morgan fingerprint density at radius 1 is 1.17 bits per heavy atom. The average molecular weight is 564 g/mol. The number of rotatable bonds is 11. The summed E-state index contributed by atoms with van der Waals surface area (Å²) in [4.78, 5) is 36.9. The second-order valence-electron chi connectivity index (χ2n) is 11.1. The number of azide groups is 1. The predicted octanol–water partition coefficient (Wildman–Crippen LogP) is 5.39. The van der Waals surface area contributed by atoms with E-state index in [0.717, 1.165) is 12.8 Å². The van der Waals surface area contributed by atoms with Crippen LogP contribution in [-0.4, -0.2) is 65.2 Å². The van der Waals surface area contributed by atoms with Crippen LogP contribution >= 0.6 is 0 Å². The average Bonchev–Trinajstić information content (AvgIpc) is 3.61. The molecular weight excluding hydrogens is 526 g/mol. The van der Waals surface area contributed by atoms with Gasteiger partial charge in [0.25, 0.3) is 5.91 Å². The zero-order chi connectivity index (χ0) is 29.5. The highest BCUT2D eigenvalue weighted by atomic mass is 16.6. The fraction of sp³-hybridized carbons (Fsp3) is 0.500. The summed E-state index contributed by atoms with van der Waals surface area (Å²) in [6, 6.07) is 14.0. The third kappa shape index (κ3) is 7.17. The summed E-state index contributed by atoms with van der Waals surface area (Å²) in [5, 5.41) is 12.9. The first kappa shape index (κ1) is 29.9. The first-order valence-electron chi connectivity index (χ1n) is 13.9. The van der Waals surface area contributed by atoms with Crippen molar-refractivity contribution >= 4 is 23.5 Å². The summed E-state index contributed by atoms with van der Waals surface area (Å²) in [5.74, 6) is 0.180. The maximum atomic E-state index is 14.3. The Kier molecular flexibility index (Phi) is 9.52. The molecule has 1 amide bonds. The van der Waals surface area contributed by atoms with Crippen molar-refractivity contribution in [3.8, 4) is 5.75 Å². The number of likely N-dealkylation sites (tertiary alicyclic amines) is 1. The predicted molar refractivity (Wildman–Crippen MR) is 153 cm³/mol. The molecule has 2 aliphatic heterocycles. The van der Waals surface area contributed by atoms with Crippen molar-refractivity contribution in [3.63, 3.8) is 0 Å². The van der Waals surface area contributed by atoms with Crippen LogP contribution in [0.2, 0.25) is 0 Å². The molecule has 0 radical (unpaired) electrons. The van der Waals surface area contributed by atoms with Crippen LogP contribution in [-0.2, 0) is 19.1 Å². The van der Waals surface area contributed by atoms with Crippen LogP contribution in [0.1, 0.15) is 70.1 Å². The molecular formula is C30H37N5O6. The normalized spacial score (nSPS) is 20.1. The molecule has 0 aromatic heterocycles. The number of carbonyl (C=O) groups excluding carboxylic acids is 2. The molecule has 0 aliphatic carbocycles. The van der Waals surface area contributed by atoms with Crippen molar-refractivity contribution < 1.29 is 28.9 Å². The summed E-state index contributed by atoms with van der Waals surface area (Å²) < 4.78 is 17.7. The van der Waals surface area contributed by atoms with Crippen LogP contribution in [0.15, 0.2) is 58.6 Å². The lowest BCUT2D eigenvalue weighted by Gasteiger charge is -2.34. The second-order valence-corrected chi connectivity index (χ2v) is 11.1. The molecule has 11 nitrogen and oxygen atoms in total. The van der Waals surface area contributed by atoms with Crippen LogP contribution < -0.4 is 4.74 Å². The molecule has 41 heavy (non-hydrogen) atoms. The van der Waals surface area contributed by atoms with E-state index >= 15 is 0 Å². The lowest BCUT2D eigenvalue weighted by molar-refractivity contribution is -0.155. The van der Waals surface area contributed by atoms with Crippen molar-refractivity contribution in [3.05, 3.63) is 70.1 Å². The van der Waals surface area contributed by atoms with Crippen molar-refractivity contribution in [1.82, 2.24) is 4.90 Å². The summed E-state index contributed by atoms with van der Waals surface area (Å²) in [7, 11) is 0. The van der Waals surface area contributed by atoms with Crippen LogP contribution in [0, 0.1) is 0 Å². The smallest absolute Gasteiger partial charge is 0.306 e. The minimum atomic E-state index is -1.49. The lowest BCUT2D eigenvalue weighted by Crippen LogP contribution is -2.49.